The van der Waals surface area contributed by atoms with Crippen LogP contribution in [0.15, 0.2) is 24.3 Å². The molecule has 0 radical (unpaired) electrons. The molecule has 0 aliphatic carbocycles. The number of hydrogen-bond acceptors (Lipinski definition) is 5. The van der Waals surface area contributed by atoms with Crippen molar-refractivity contribution >= 4 is 5.97 Å². The number of alkyl halides is 2. The molecule has 1 unspecified atom stereocenters. The van der Waals surface area contributed by atoms with Crippen LogP contribution in [0.4, 0.5) is 8.78 Å². The van der Waals surface area contributed by atoms with E-state index < -0.39 is 19.0 Å². The van der Waals surface area contributed by atoms with Gasteiger partial charge in [0, 0.05) is 26.2 Å². The molecule has 1 aliphatic heterocycles. The Morgan fingerprint density at radius 3 is 2.80 bits per heavy atom. The summed E-state index contributed by atoms with van der Waals surface area (Å²) in [5.41, 5.74) is 1.06. The van der Waals surface area contributed by atoms with E-state index in [2.05, 4.69) is 4.90 Å². The lowest BCUT2D eigenvalue weighted by Gasteiger charge is -2.34. The lowest BCUT2D eigenvalue weighted by Crippen LogP contribution is -2.47. The molecule has 1 aromatic rings. The molecular weight excluding hydrogens is 334 g/mol. The normalized spacial score (nSPS) is 18.7. The number of rotatable bonds is 9. The van der Waals surface area contributed by atoms with Gasteiger partial charge < -0.3 is 14.6 Å². The van der Waals surface area contributed by atoms with E-state index in [1.54, 1.807) is 24.1 Å². The molecule has 1 atom stereocenters. The molecule has 6 nitrogen and oxygen atoms in total. The zero-order valence-electron chi connectivity index (χ0n) is 14.2. The zero-order chi connectivity index (χ0) is 18.2. The molecule has 1 heterocycles. The highest BCUT2D eigenvalue weighted by Crippen LogP contribution is 2.16. The molecule has 1 aromatic carbocycles. The summed E-state index contributed by atoms with van der Waals surface area (Å²) in [6.45, 7) is 2.77. The standard InChI is InChI=1S/C17H24F2N2O4/c1-20(11-17(22)23)9-15-10-21(6-7-24-15)8-13-2-4-14(5-3-13)25-12-16(18)19/h2-5,15-16H,6-12H2,1H3,(H,22,23). The van der Waals surface area contributed by atoms with Crippen molar-refractivity contribution in [3.05, 3.63) is 29.8 Å². The number of morpholine rings is 1. The first-order valence-electron chi connectivity index (χ1n) is 8.16. The van der Waals surface area contributed by atoms with Gasteiger partial charge in [-0.3, -0.25) is 14.6 Å². The fourth-order valence-electron chi connectivity index (χ4n) is 2.79. The molecule has 1 N–H and O–H groups in total. The van der Waals surface area contributed by atoms with Crippen LogP contribution in [-0.2, 0) is 16.1 Å². The average Bonchev–Trinajstić information content (AvgIpc) is 2.53. The fraction of sp³-hybridized carbons (Fsp3) is 0.588. The van der Waals surface area contributed by atoms with E-state index in [9.17, 15) is 13.6 Å². The van der Waals surface area contributed by atoms with Gasteiger partial charge in [0.1, 0.15) is 12.4 Å². The van der Waals surface area contributed by atoms with Crippen LogP contribution in [0.5, 0.6) is 5.75 Å². The van der Waals surface area contributed by atoms with E-state index in [0.29, 0.717) is 25.4 Å². The Morgan fingerprint density at radius 2 is 2.16 bits per heavy atom. The highest BCUT2D eigenvalue weighted by Gasteiger charge is 2.22. The highest BCUT2D eigenvalue weighted by molar-refractivity contribution is 5.69. The number of likely N-dealkylation sites (N-methyl/N-ethyl adjacent to an activating group) is 1. The lowest BCUT2D eigenvalue weighted by molar-refractivity contribution is -0.138. The van der Waals surface area contributed by atoms with Crippen LogP contribution in [0.2, 0.25) is 0 Å². The van der Waals surface area contributed by atoms with E-state index >= 15 is 0 Å². The van der Waals surface area contributed by atoms with E-state index in [0.717, 1.165) is 18.7 Å². The molecule has 2 rings (SSSR count). The van der Waals surface area contributed by atoms with Crippen molar-refractivity contribution in [3.63, 3.8) is 0 Å². The molecule has 25 heavy (non-hydrogen) atoms. The summed E-state index contributed by atoms with van der Waals surface area (Å²) < 4.78 is 34.9. The minimum Gasteiger partial charge on any atom is -0.488 e. The Morgan fingerprint density at radius 1 is 1.44 bits per heavy atom. The van der Waals surface area contributed by atoms with E-state index in [-0.39, 0.29) is 12.6 Å². The first-order valence-corrected chi connectivity index (χ1v) is 8.16. The van der Waals surface area contributed by atoms with Gasteiger partial charge in [-0.15, -0.1) is 0 Å². The smallest absolute Gasteiger partial charge is 0.317 e. The van der Waals surface area contributed by atoms with Crippen LogP contribution in [0.25, 0.3) is 0 Å². The third-order valence-corrected chi connectivity index (χ3v) is 3.85. The second-order valence-corrected chi connectivity index (χ2v) is 6.16. The van der Waals surface area contributed by atoms with Gasteiger partial charge in [-0.2, -0.15) is 0 Å². The number of ether oxygens (including phenoxy) is 2. The molecule has 0 bridgehead atoms. The van der Waals surface area contributed by atoms with Crippen LogP contribution in [0.1, 0.15) is 5.56 Å². The Hall–Kier alpha value is -1.77. The van der Waals surface area contributed by atoms with Gasteiger partial charge in [0.15, 0.2) is 0 Å². The first kappa shape index (κ1) is 19.6. The molecular formula is C17H24F2N2O4. The van der Waals surface area contributed by atoms with Crippen LogP contribution in [0.3, 0.4) is 0 Å². The maximum atomic E-state index is 12.1. The van der Waals surface area contributed by atoms with Crippen LogP contribution in [0, 0.1) is 0 Å². The van der Waals surface area contributed by atoms with E-state index in [4.69, 9.17) is 14.6 Å². The number of carbonyl (C=O) groups is 1. The molecule has 0 amide bonds. The van der Waals surface area contributed by atoms with Crippen LogP contribution < -0.4 is 4.74 Å². The van der Waals surface area contributed by atoms with Crippen LogP contribution in [-0.4, -0.2) is 79.8 Å². The van der Waals surface area contributed by atoms with Gasteiger partial charge in [0.2, 0.25) is 0 Å². The van der Waals surface area contributed by atoms with Gasteiger partial charge in [0.25, 0.3) is 6.43 Å². The minimum absolute atomic E-state index is 0.0139. The molecule has 140 valence electrons. The Labute approximate surface area is 145 Å². The van der Waals surface area contributed by atoms with Crippen molar-refractivity contribution < 1.29 is 28.2 Å². The van der Waals surface area contributed by atoms with Crippen molar-refractivity contribution in [2.24, 2.45) is 0 Å². The second kappa shape index (κ2) is 9.65. The predicted molar refractivity (Wildman–Crippen MR) is 88.1 cm³/mol. The van der Waals surface area contributed by atoms with E-state index in [1.165, 1.54) is 0 Å². The third kappa shape index (κ3) is 7.33. The Bertz CT molecular complexity index is 542. The monoisotopic (exact) mass is 358 g/mol. The third-order valence-electron chi connectivity index (χ3n) is 3.85. The van der Waals surface area contributed by atoms with E-state index in [1.807, 2.05) is 12.1 Å². The minimum atomic E-state index is -2.48. The van der Waals surface area contributed by atoms with Gasteiger partial charge in [-0.1, -0.05) is 12.1 Å². The van der Waals surface area contributed by atoms with Gasteiger partial charge in [-0.25, -0.2) is 8.78 Å². The van der Waals surface area contributed by atoms with Gasteiger partial charge in [-0.05, 0) is 24.7 Å². The Balaban J connectivity index is 1.80. The van der Waals surface area contributed by atoms with Gasteiger partial charge in [0.05, 0.1) is 19.3 Å². The summed E-state index contributed by atoms with van der Waals surface area (Å²) >= 11 is 0. The number of hydrogen-bond donors (Lipinski definition) is 1. The molecule has 0 saturated carbocycles. The summed E-state index contributed by atoms with van der Waals surface area (Å²) in [5, 5.41) is 8.81. The number of nitrogens with zero attached hydrogens (tertiary/aromatic N) is 2. The fourth-order valence-corrected chi connectivity index (χ4v) is 2.79. The summed E-state index contributed by atoms with van der Waals surface area (Å²) in [6, 6.07) is 7.11. The number of halogens is 2. The largest absolute Gasteiger partial charge is 0.488 e. The van der Waals surface area contributed by atoms with Crippen molar-refractivity contribution in [2.75, 3.05) is 46.4 Å². The maximum Gasteiger partial charge on any atom is 0.317 e. The Kier molecular flexibility index (Phi) is 7.54. The van der Waals surface area contributed by atoms with Crippen molar-refractivity contribution in [1.82, 2.24) is 9.80 Å². The quantitative estimate of drug-likeness (QED) is 0.723. The van der Waals surface area contributed by atoms with Crippen molar-refractivity contribution in [2.45, 2.75) is 19.1 Å². The number of carboxylic acids is 1. The average molecular weight is 358 g/mol. The summed E-state index contributed by atoms with van der Waals surface area (Å²) in [6.07, 6.45) is -2.52. The second-order valence-electron chi connectivity index (χ2n) is 6.16. The lowest BCUT2D eigenvalue weighted by atomic mass is 10.1. The SMILES string of the molecule is CN(CC(=O)O)CC1CN(Cc2ccc(OCC(F)F)cc2)CCO1. The highest BCUT2D eigenvalue weighted by atomic mass is 19.3. The summed E-state index contributed by atoms with van der Waals surface area (Å²) in [4.78, 5) is 14.7. The predicted octanol–water partition coefficient (Wildman–Crippen LogP) is 1.55. The number of benzene rings is 1. The number of aliphatic carboxylic acids is 1. The molecule has 1 aliphatic rings. The van der Waals surface area contributed by atoms with Crippen molar-refractivity contribution in [3.8, 4) is 5.75 Å². The number of carboxylic acid groups (broad SMARTS) is 1. The zero-order valence-corrected chi connectivity index (χ0v) is 14.2. The molecule has 1 saturated heterocycles. The molecule has 0 spiro atoms. The molecule has 8 heteroatoms. The first-order chi connectivity index (χ1) is 11.9. The molecule has 1 fully saturated rings. The van der Waals surface area contributed by atoms with Crippen LogP contribution >= 0.6 is 0 Å². The summed E-state index contributed by atoms with van der Waals surface area (Å²) in [7, 11) is 1.76. The van der Waals surface area contributed by atoms with Gasteiger partial charge >= 0.3 is 5.97 Å². The van der Waals surface area contributed by atoms with Crippen molar-refractivity contribution in [1.29, 1.82) is 0 Å². The molecule has 0 aromatic heterocycles. The topological polar surface area (TPSA) is 62.2 Å². The maximum absolute atomic E-state index is 12.1. The summed E-state index contributed by atoms with van der Waals surface area (Å²) in [5.74, 6) is -0.427.